The average molecular weight is 254 g/mol. The molecule has 0 aromatic heterocycles. The molecule has 1 heterocycles. The molecule has 0 amide bonds. The van der Waals surface area contributed by atoms with E-state index < -0.39 is 0 Å². The summed E-state index contributed by atoms with van der Waals surface area (Å²) >= 11 is 6.08. The molecule has 1 aliphatic rings. The molecule has 0 spiro atoms. The number of hydrogen-bond acceptors (Lipinski definition) is 3. The van der Waals surface area contributed by atoms with E-state index in [2.05, 4.69) is 29.0 Å². The Kier molecular flexibility index (Phi) is 4.13. The number of fused-ring (bicyclic) bond motifs is 1. The Morgan fingerprint density at radius 3 is 2.88 bits per heavy atom. The van der Waals surface area contributed by atoms with E-state index in [1.807, 2.05) is 6.07 Å². The Morgan fingerprint density at radius 2 is 2.12 bits per heavy atom. The minimum absolute atomic E-state index is 0.745. The second-order valence-electron chi connectivity index (χ2n) is 4.54. The summed E-state index contributed by atoms with van der Waals surface area (Å²) in [7, 11) is 2.13. The van der Waals surface area contributed by atoms with Crippen molar-refractivity contribution in [1.82, 2.24) is 0 Å². The molecule has 0 radical (unpaired) electrons. The molecule has 4 heteroatoms. The van der Waals surface area contributed by atoms with Crippen molar-refractivity contribution in [3.63, 3.8) is 0 Å². The monoisotopic (exact) mass is 253 g/mol. The Morgan fingerprint density at radius 1 is 1.29 bits per heavy atom. The summed E-state index contributed by atoms with van der Waals surface area (Å²) in [6, 6.07) is 6.14. The van der Waals surface area contributed by atoms with Gasteiger partial charge in [0.25, 0.3) is 0 Å². The van der Waals surface area contributed by atoms with Gasteiger partial charge in [-0.25, -0.2) is 0 Å². The quantitative estimate of drug-likeness (QED) is 0.898. The molecule has 2 rings (SSSR count). The van der Waals surface area contributed by atoms with Crippen molar-refractivity contribution in [1.29, 1.82) is 0 Å². The van der Waals surface area contributed by atoms with Crippen molar-refractivity contribution in [3.8, 4) is 0 Å². The van der Waals surface area contributed by atoms with Crippen LogP contribution < -0.4 is 15.5 Å². The van der Waals surface area contributed by atoms with Gasteiger partial charge in [-0.3, -0.25) is 0 Å². The lowest BCUT2D eigenvalue weighted by Crippen LogP contribution is -2.26. The minimum atomic E-state index is 0.745. The van der Waals surface area contributed by atoms with Gasteiger partial charge in [0.15, 0.2) is 0 Å². The first-order valence-corrected chi connectivity index (χ1v) is 6.56. The van der Waals surface area contributed by atoms with Crippen LogP contribution in [0.5, 0.6) is 0 Å². The fraction of sp³-hybridized carbons (Fsp3) is 0.538. The molecule has 1 aromatic carbocycles. The number of benzene rings is 1. The van der Waals surface area contributed by atoms with Crippen LogP contribution in [-0.2, 0) is 0 Å². The normalized spacial score (nSPS) is 15.7. The van der Waals surface area contributed by atoms with Gasteiger partial charge in [0.1, 0.15) is 0 Å². The number of nitrogens with two attached hydrogens (primary N) is 1. The van der Waals surface area contributed by atoms with Gasteiger partial charge in [-0.1, -0.05) is 11.6 Å². The predicted octanol–water partition coefficient (Wildman–Crippen LogP) is 2.34. The molecular weight excluding hydrogens is 234 g/mol. The van der Waals surface area contributed by atoms with E-state index >= 15 is 0 Å². The number of nitrogens with zero attached hydrogens (tertiary/aromatic N) is 2. The maximum absolute atomic E-state index is 6.08. The molecule has 94 valence electrons. The molecule has 1 aliphatic heterocycles. The molecule has 17 heavy (non-hydrogen) atoms. The molecular formula is C13H20ClN3. The standard InChI is InChI=1S/C13H20ClN3/c1-16-7-3-9-17(8-2-6-15)12-5-4-11(14)10-13(12)16/h4-5,10H,2-3,6-9,15H2,1H3. The predicted molar refractivity (Wildman–Crippen MR) is 75.2 cm³/mol. The van der Waals surface area contributed by atoms with Crippen LogP contribution in [-0.4, -0.2) is 33.2 Å². The second kappa shape index (κ2) is 5.61. The van der Waals surface area contributed by atoms with Crippen LogP contribution in [0.3, 0.4) is 0 Å². The Labute approximate surface area is 108 Å². The first-order valence-electron chi connectivity index (χ1n) is 6.18. The van der Waals surface area contributed by atoms with Gasteiger partial charge in [-0.15, -0.1) is 0 Å². The molecule has 0 aliphatic carbocycles. The Balaban J connectivity index is 2.30. The summed E-state index contributed by atoms with van der Waals surface area (Å²) in [5.74, 6) is 0. The SMILES string of the molecule is CN1CCCN(CCCN)c2ccc(Cl)cc21. The Hall–Kier alpha value is -0.930. The number of rotatable bonds is 3. The number of halogens is 1. The lowest BCUT2D eigenvalue weighted by atomic mass is 10.2. The highest BCUT2D eigenvalue weighted by molar-refractivity contribution is 6.31. The van der Waals surface area contributed by atoms with Gasteiger partial charge in [0, 0.05) is 31.7 Å². The van der Waals surface area contributed by atoms with Crippen molar-refractivity contribution >= 4 is 23.0 Å². The summed E-state index contributed by atoms with van der Waals surface area (Å²) < 4.78 is 0. The van der Waals surface area contributed by atoms with Crippen LogP contribution in [0.1, 0.15) is 12.8 Å². The number of hydrogen-bond donors (Lipinski definition) is 1. The summed E-state index contributed by atoms with van der Waals surface area (Å²) in [5.41, 5.74) is 8.11. The third-order valence-corrected chi connectivity index (χ3v) is 3.48. The molecule has 3 nitrogen and oxygen atoms in total. The maximum Gasteiger partial charge on any atom is 0.0616 e. The lowest BCUT2D eigenvalue weighted by molar-refractivity contribution is 0.710. The average Bonchev–Trinajstić information content (AvgIpc) is 2.47. The highest BCUT2D eigenvalue weighted by Crippen LogP contribution is 2.33. The van der Waals surface area contributed by atoms with Crippen molar-refractivity contribution in [2.45, 2.75) is 12.8 Å². The maximum atomic E-state index is 6.08. The van der Waals surface area contributed by atoms with Crippen molar-refractivity contribution in [2.75, 3.05) is 43.0 Å². The van der Waals surface area contributed by atoms with Crippen LogP contribution in [0, 0.1) is 0 Å². The van der Waals surface area contributed by atoms with Crippen molar-refractivity contribution < 1.29 is 0 Å². The molecule has 1 aromatic rings. The zero-order valence-corrected chi connectivity index (χ0v) is 11.1. The number of anilines is 2. The zero-order chi connectivity index (χ0) is 12.3. The van der Waals surface area contributed by atoms with Crippen LogP contribution >= 0.6 is 11.6 Å². The summed E-state index contributed by atoms with van der Waals surface area (Å²) in [5, 5.41) is 0.802. The second-order valence-corrected chi connectivity index (χ2v) is 4.97. The zero-order valence-electron chi connectivity index (χ0n) is 10.3. The third-order valence-electron chi connectivity index (χ3n) is 3.24. The van der Waals surface area contributed by atoms with E-state index in [0.717, 1.165) is 37.6 Å². The van der Waals surface area contributed by atoms with Crippen LogP contribution in [0.15, 0.2) is 18.2 Å². The van der Waals surface area contributed by atoms with E-state index in [1.54, 1.807) is 0 Å². The Bertz CT molecular complexity index is 381. The minimum Gasteiger partial charge on any atom is -0.373 e. The van der Waals surface area contributed by atoms with Gasteiger partial charge in [0.2, 0.25) is 0 Å². The lowest BCUT2D eigenvalue weighted by Gasteiger charge is -2.26. The molecule has 0 atom stereocenters. The fourth-order valence-corrected chi connectivity index (χ4v) is 2.49. The molecule has 0 fully saturated rings. The highest BCUT2D eigenvalue weighted by atomic mass is 35.5. The smallest absolute Gasteiger partial charge is 0.0616 e. The highest BCUT2D eigenvalue weighted by Gasteiger charge is 2.17. The first-order chi connectivity index (χ1) is 8.22. The van der Waals surface area contributed by atoms with Gasteiger partial charge < -0.3 is 15.5 Å². The van der Waals surface area contributed by atoms with Crippen molar-refractivity contribution in [3.05, 3.63) is 23.2 Å². The summed E-state index contributed by atoms with van der Waals surface area (Å²) in [6.45, 7) is 3.94. The largest absolute Gasteiger partial charge is 0.373 e. The van der Waals surface area contributed by atoms with Crippen LogP contribution in [0.2, 0.25) is 5.02 Å². The molecule has 0 unspecified atom stereocenters. The van der Waals surface area contributed by atoms with E-state index in [1.165, 1.54) is 17.8 Å². The first kappa shape index (κ1) is 12.5. The van der Waals surface area contributed by atoms with Crippen LogP contribution in [0.4, 0.5) is 11.4 Å². The summed E-state index contributed by atoms with van der Waals surface area (Å²) in [4.78, 5) is 4.70. The van der Waals surface area contributed by atoms with Gasteiger partial charge in [-0.05, 0) is 37.6 Å². The molecule has 2 N–H and O–H groups in total. The van der Waals surface area contributed by atoms with Crippen LogP contribution in [0.25, 0.3) is 0 Å². The molecule has 0 saturated heterocycles. The van der Waals surface area contributed by atoms with E-state index in [0.29, 0.717) is 0 Å². The van der Waals surface area contributed by atoms with Gasteiger partial charge in [-0.2, -0.15) is 0 Å². The molecule has 0 saturated carbocycles. The van der Waals surface area contributed by atoms with Gasteiger partial charge >= 0.3 is 0 Å². The van der Waals surface area contributed by atoms with E-state index in [-0.39, 0.29) is 0 Å². The van der Waals surface area contributed by atoms with E-state index in [9.17, 15) is 0 Å². The van der Waals surface area contributed by atoms with E-state index in [4.69, 9.17) is 17.3 Å². The van der Waals surface area contributed by atoms with Crippen molar-refractivity contribution in [2.24, 2.45) is 5.73 Å². The topological polar surface area (TPSA) is 32.5 Å². The fourth-order valence-electron chi connectivity index (χ4n) is 2.32. The third kappa shape index (κ3) is 2.85. The summed E-state index contributed by atoms with van der Waals surface area (Å²) in [6.07, 6.45) is 2.21. The van der Waals surface area contributed by atoms with Gasteiger partial charge in [0.05, 0.1) is 11.4 Å². The molecule has 0 bridgehead atoms.